The van der Waals surface area contributed by atoms with Crippen LogP contribution in [0.1, 0.15) is 23.1 Å². The number of hydrogen-bond acceptors (Lipinski definition) is 3. The van der Waals surface area contributed by atoms with E-state index in [4.69, 9.17) is 4.74 Å². The monoisotopic (exact) mass is 380 g/mol. The van der Waals surface area contributed by atoms with E-state index in [-0.39, 0.29) is 18.4 Å². The molecule has 1 heterocycles. The molecule has 1 fully saturated rings. The van der Waals surface area contributed by atoms with E-state index in [1.807, 2.05) is 67.3 Å². The maximum absolute atomic E-state index is 12.5. The number of rotatable bonds is 6. The number of amides is 2. The molecule has 0 saturated carbocycles. The van der Waals surface area contributed by atoms with Gasteiger partial charge in [0.2, 0.25) is 5.91 Å². The number of carbonyl (C=O) groups excluding carboxylic acids is 2. The molecule has 28 heavy (non-hydrogen) atoms. The van der Waals surface area contributed by atoms with Gasteiger partial charge >= 0.3 is 0 Å². The second-order valence-corrected chi connectivity index (χ2v) is 7.23. The summed E-state index contributed by atoms with van der Waals surface area (Å²) in [5, 5.41) is 0. The summed E-state index contributed by atoms with van der Waals surface area (Å²) in [6.07, 6.45) is 1.26. The average Bonchev–Trinajstić information content (AvgIpc) is 2.73. The number of nitrogens with zero attached hydrogens (tertiary/aromatic N) is 2. The lowest BCUT2D eigenvalue weighted by Gasteiger charge is -2.34. The molecule has 5 nitrogen and oxygen atoms in total. The summed E-state index contributed by atoms with van der Waals surface area (Å²) in [6.45, 7) is 6.35. The first-order valence-electron chi connectivity index (χ1n) is 9.83. The van der Waals surface area contributed by atoms with Gasteiger partial charge in [0.25, 0.3) is 5.91 Å². The van der Waals surface area contributed by atoms with Crippen LogP contribution in [-0.2, 0) is 16.0 Å². The highest BCUT2D eigenvalue weighted by atomic mass is 16.5. The molecule has 148 valence electrons. The molecule has 0 spiro atoms. The summed E-state index contributed by atoms with van der Waals surface area (Å²) in [4.78, 5) is 28.5. The molecular formula is C23H28N2O3. The van der Waals surface area contributed by atoms with Crippen LogP contribution in [0.3, 0.4) is 0 Å². The van der Waals surface area contributed by atoms with Gasteiger partial charge in [-0.3, -0.25) is 9.59 Å². The van der Waals surface area contributed by atoms with E-state index in [9.17, 15) is 9.59 Å². The SMILES string of the molecule is Cc1cccc(OCC(=O)N2CCN(C(=O)CCc3ccccc3)CC2)c1C. The Kier molecular flexibility index (Phi) is 6.69. The summed E-state index contributed by atoms with van der Waals surface area (Å²) in [5.41, 5.74) is 3.38. The topological polar surface area (TPSA) is 49.9 Å². The van der Waals surface area contributed by atoms with Crippen LogP contribution in [0.25, 0.3) is 0 Å². The van der Waals surface area contributed by atoms with Crippen molar-refractivity contribution in [1.82, 2.24) is 9.80 Å². The Morgan fingerprint density at radius 1 is 0.857 bits per heavy atom. The Labute approximate surface area is 166 Å². The van der Waals surface area contributed by atoms with E-state index in [1.54, 1.807) is 4.90 Å². The molecule has 0 aromatic heterocycles. The van der Waals surface area contributed by atoms with Crippen LogP contribution in [-0.4, -0.2) is 54.4 Å². The van der Waals surface area contributed by atoms with E-state index >= 15 is 0 Å². The highest BCUT2D eigenvalue weighted by Crippen LogP contribution is 2.20. The minimum Gasteiger partial charge on any atom is -0.483 e. The Bertz CT molecular complexity index is 812. The number of hydrogen-bond donors (Lipinski definition) is 0. The van der Waals surface area contributed by atoms with Crippen molar-refractivity contribution < 1.29 is 14.3 Å². The Morgan fingerprint density at radius 3 is 2.18 bits per heavy atom. The van der Waals surface area contributed by atoms with Crippen molar-refractivity contribution in [3.05, 3.63) is 65.2 Å². The van der Waals surface area contributed by atoms with Crippen molar-refractivity contribution in [3.8, 4) is 5.75 Å². The molecule has 5 heteroatoms. The predicted molar refractivity (Wildman–Crippen MR) is 109 cm³/mol. The molecule has 0 bridgehead atoms. The van der Waals surface area contributed by atoms with E-state index in [0.29, 0.717) is 32.6 Å². The lowest BCUT2D eigenvalue weighted by atomic mass is 10.1. The van der Waals surface area contributed by atoms with Crippen LogP contribution >= 0.6 is 0 Å². The number of carbonyl (C=O) groups is 2. The highest BCUT2D eigenvalue weighted by molar-refractivity contribution is 5.79. The van der Waals surface area contributed by atoms with Gasteiger partial charge in [-0.2, -0.15) is 0 Å². The van der Waals surface area contributed by atoms with Gasteiger partial charge in [-0.05, 0) is 43.0 Å². The van der Waals surface area contributed by atoms with Crippen LogP contribution in [0.2, 0.25) is 0 Å². The average molecular weight is 380 g/mol. The van der Waals surface area contributed by atoms with Gasteiger partial charge in [0.05, 0.1) is 0 Å². The first-order chi connectivity index (χ1) is 13.5. The van der Waals surface area contributed by atoms with Crippen molar-refractivity contribution >= 4 is 11.8 Å². The summed E-state index contributed by atoms with van der Waals surface area (Å²) in [6, 6.07) is 15.9. The van der Waals surface area contributed by atoms with Gasteiger partial charge in [0.1, 0.15) is 5.75 Å². The normalized spacial score (nSPS) is 14.1. The van der Waals surface area contributed by atoms with Gasteiger partial charge < -0.3 is 14.5 Å². The molecule has 0 unspecified atom stereocenters. The third kappa shape index (κ3) is 5.12. The zero-order valence-corrected chi connectivity index (χ0v) is 16.7. The standard InChI is InChI=1S/C23H28N2O3/c1-18-7-6-10-21(19(18)2)28-17-23(27)25-15-13-24(14-16-25)22(26)12-11-20-8-4-3-5-9-20/h3-10H,11-17H2,1-2H3. The number of ether oxygens (including phenoxy) is 1. The van der Waals surface area contributed by atoms with Gasteiger partial charge in [-0.25, -0.2) is 0 Å². The molecule has 0 atom stereocenters. The largest absolute Gasteiger partial charge is 0.483 e. The fourth-order valence-electron chi connectivity index (χ4n) is 3.37. The smallest absolute Gasteiger partial charge is 0.260 e. The van der Waals surface area contributed by atoms with Crippen LogP contribution in [0.15, 0.2) is 48.5 Å². The maximum atomic E-state index is 12.5. The first kappa shape index (κ1) is 19.9. The van der Waals surface area contributed by atoms with Crippen LogP contribution in [0, 0.1) is 13.8 Å². The third-order valence-corrected chi connectivity index (χ3v) is 5.36. The molecule has 1 aliphatic rings. The highest BCUT2D eigenvalue weighted by Gasteiger charge is 2.24. The van der Waals surface area contributed by atoms with Gasteiger partial charge in [0, 0.05) is 32.6 Å². The number of aryl methyl sites for hydroxylation is 2. The van der Waals surface area contributed by atoms with E-state index in [1.165, 1.54) is 5.56 Å². The molecule has 2 amide bonds. The van der Waals surface area contributed by atoms with Crippen LogP contribution < -0.4 is 4.74 Å². The summed E-state index contributed by atoms with van der Waals surface area (Å²) in [7, 11) is 0. The Balaban J connectivity index is 1.42. The molecule has 0 radical (unpaired) electrons. The minimum atomic E-state index is -0.0303. The molecule has 0 aliphatic carbocycles. The quantitative estimate of drug-likeness (QED) is 0.774. The maximum Gasteiger partial charge on any atom is 0.260 e. The second-order valence-electron chi connectivity index (χ2n) is 7.23. The molecule has 0 N–H and O–H groups in total. The van der Waals surface area contributed by atoms with Crippen molar-refractivity contribution in [2.75, 3.05) is 32.8 Å². The number of piperazine rings is 1. The zero-order valence-electron chi connectivity index (χ0n) is 16.7. The molecule has 2 aromatic carbocycles. The fourth-order valence-corrected chi connectivity index (χ4v) is 3.37. The Morgan fingerprint density at radius 2 is 1.50 bits per heavy atom. The minimum absolute atomic E-state index is 0.0303. The van der Waals surface area contributed by atoms with Crippen molar-refractivity contribution in [1.29, 1.82) is 0 Å². The molecular weight excluding hydrogens is 352 g/mol. The number of benzene rings is 2. The predicted octanol–water partition coefficient (Wildman–Crippen LogP) is 2.99. The van der Waals surface area contributed by atoms with Gasteiger partial charge in [-0.15, -0.1) is 0 Å². The lowest BCUT2D eigenvalue weighted by Crippen LogP contribution is -2.51. The molecule has 1 saturated heterocycles. The van der Waals surface area contributed by atoms with E-state index < -0.39 is 0 Å². The zero-order chi connectivity index (χ0) is 19.9. The Hall–Kier alpha value is -2.82. The summed E-state index contributed by atoms with van der Waals surface area (Å²) in [5.74, 6) is 0.878. The van der Waals surface area contributed by atoms with Crippen LogP contribution in [0.4, 0.5) is 0 Å². The summed E-state index contributed by atoms with van der Waals surface area (Å²) >= 11 is 0. The molecule has 2 aromatic rings. The van der Waals surface area contributed by atoms with Crippen molar-refractivity contribution in [2.24, 2.45) is 0 Å². The van der Waals surface area contributed by atoms with E-state index in [2.05, 4.69) is 0 Å². The van der Waals surface area contributed by atoms with Crippen molar-refractivity contribution in [2.45, 2.75) is 26.7 Å². The lowest BCUT2D eigenvalue weighted by molar-refractivity contribution is -0.140. The van der Waals surface area contributed by atoms with Crippen molar-refractivity contribution in [3.63, 3.8) is 0 Å². The third-order valence-electron chi connectivity index (χ3n) is 5.36. The summed E-state index contributed by atoms with van der Waals surface area (Å²) < 4.78 is 5.72. The van der Waals surface area contributed by atoms with Gasteiger partial charge in [0.15, 0.2) is 6.61 Å². The van der Waals surface area contributed by atoms with Gasteiger partial charge in [-0.1, -0.05) is 42.5 Å². The molecule has 1 aliphatic heterocycles. The van der Waals surface area contributed by atoms with Crippen LogP contribution in [0.5, 0.6) is 5.75 Å². The fraction of sp³-hybridized carbons (Fsp3) is 0.391. The molecule has 3 rings (SSSR count). The second kappa shape index (κ2) is 9.40. The van der Waals surface area contributed by atoms with E-state index in [0.717, 1.165) is 23.3 Å². The first-order valence-corrected chi connectivity index (χ1v) is 9.83.